The van der Waals surface area contributed by atoms with Gasteiger partial charge in [-0.25, -0.2) is 0 Å². The molecule has 0 spiro atoms. The number of carbonyl (C=O) groups excluding carboxylic acids is 1. The summed E-state index contributed by atoms with van der Waals surface area (Å²) in [6, 6.07) is 8.15. The Balaban J connectivity index is 1.94. The van der Waals surface area contributed by atoms with E-state index < -0.39 is 6.10 Å². The van der Waals surface area contributed by atoms with E-state index in [1.807, 2.05) is 18.2 Å². The summed E-state index contributed by atoms with van der Waals surface area (Å²) in [5.74, 6) is 1.43. The van der Waals surface area contributed by atoms with E-state index in [1.165, 1.54) is 5.56 Å². The third-order valence-electron chi connectivity index (χ3n) is 3.49. The summed E-state index contributed by atoms with van der Waals surface area (Å²) >= 11 is 1.69. The maximum absolute atomic E-state index is 12.3. The Morgan fingerprint density at radius 2 is 2.20 bits per heavy atom. The van der Waals surface area contributed by atoms with Gasteiger partial charge in [0.25, 0.3) is 0 Å². The predicted molar refractivity (Wildman–Crippen MR) is 83.8 cm³/mol. The van der Waals surface area contributed by atoms with E-state index in [4.69, 9.17) is 0 Å². The molecule has 0 aromatic heterocycles. The monoisotopic (exact) mass is 293 g/mol. The van der Waals surface area contributed by atoms with Crippen LogP contribution in [-0.2, 0) is 11.2 Å². The minimum absolute atomic E-state index is 0.0185. The number of fused-ring (bicyclic) bond motifs is 1. The predicted octanol–water partition coefficient (Wildman–Crippen LogP) is 2.54. The van der Waals surface area contributed by atoms with Gasteiger partial charge in [-0.2, -0.15) is 0 Å². The second-order valence-electron chi connectivity index (χ2n) is 5.73. The molecule has 1 aliphatic rings. The molecule has 110 valence electrons. The van der Waals surface area contributed by atoms with Crippen molar-refractivity contribution in [2.75, 3.05) is 12.3 Å². The third-order valence-corrected chi connectivity index (χ3v) is 4.73. The first-order valence-corrected chi connectivity index (χ1v) is 8.28. The van der Waals surface area contributed by atoms with Gasteiger partial charge in [0.2, 0.25) is 5.91 Å². The maximum Gasteiger partial charge on any atom is 0.237 e. The number of hydrogen-bond acceptors (Lipinski definition) is 3. The number of aliphatic hydroxyl groups is 1. The lowest BCUT2D eigenvalue weighted by atomic mass is 10.0. The second kappa shape index (κ2) is 7.14. The minimum Gasteiger partial charge on any atom is -0.391 e. The fourth-order valence-corrected chi connectivity index (χ4v) is 3.77. The van der Waals surface area contributed by atoms with Gasteiger partial charge in [-0.15, -0.1) is 11.8 Å². The number of amides is 1. The molecule has 1 heterocycles. The number of hydrogen-bond donors (Lipinski definition) is 2. The summed E-state index contributed by atoms with van der Waals surface area (Å²) in [6.07, 6.45) is 1.29. The highest BCUT2D eigenvalue weighted by molar-refractivity contribution is 8.00. The normalized spacial score (nSPS) is 19.5. The molecule has 2 atom stereocenters. The van der Waals surface area contributed by atoms with E-state index in [9.17, 15) is 9.90 Å². The van der Waals surface area contributed by atoms with Gasteiger partial charge >= 0.3 is 0 Å². The average molecular weight is 293 g/mol. The Kier molecular flexibility index (Phi) is 5.49. The second-order valence-corrected chi connectivity index (χ2v) is 6.94. The Hall–Kier alpha value is -1.00. The molecule has 2 N–H and O–H groups in total. The van der Waals surface area contributed by atoms with Crippen LogP contribution in [0.5, 0.6) is 0 Å². The Morgan fingerprint density at radius 1 is 1.45 bits per heavy atom. The smallest absolute Gasteiger partial charge is 0.237 e. The molecular weight excluding hydrogens is 270 g/mol. The molecule has 20 heavy (non-hydrogen) atoms. The van der Waals surface area contributed by atoms with Gasteiger partial charge in [0.15, 0.2) is 0 Å². The summed E-state index contributed by atoms with van der Waals surface area (Å²) in [5.41, 5.74) is 2.40. The van der Waals surface area contributed by atoms with Crippen molar-refractivity contribution in [3.05, 3.63) is 35.4 Å². The van der Waals surface area contributed by atoms with Gasteiger partial charge in [0.1, 0.15) is 5.25 Å². The van der Waals surface area contributed by atoms with Gasteiger partial charge in [0, 0.05) is 6.54 Å². The van der Waals surface area contributed by atoms with Crippen LogP contribution in [0.15, 0.2) is 24.3 Å². The van der Waals surface area contributed by atoms with E-state index in [1.54, 1.807) is 11.8 Å². The maximum atomic E-state index is 12.3. The molecule has 4 heteroatoms. The highest BCUT2D eigenvalue weighted by Crippen LogP contribution is 2.36. The summed E-state index contributed by atoms with van der Waals surface area (Å²) in [5, 5.41) is 12.6. The topological polar surface area (TPSA) is 49.3 Å². The molecule has 0 bridgehead atoms. The van der Waals surface area contributed by atoms with Crippen LogP contribution in [0.4, 0.5) is 0 Å². The fourth-order valence-electron chi connectivity index (χ4n) is 2.55. The highest BCUT2D eigenvalue weighted by Gasteiger charge is 2.26. The van der Waals surface area contributed by atoms with Crippen molar-refractivity contribution in [1.82, 2.24) is 5.32 Å². The summed E-state index contributed by atoms with van der Waals surface area (Å²) in [4.78, 5) is 12.3. The number of benzene rings is 1. The van der Waals surface area contributed by atoms with Crippen molar-refractivity contribution < 1.29 is 9.90 Å². The van der Waals surface area contributed by atoms with Crippen LogP contribution in [0.3, 0.4) is 0 Å². The van der Waals surface area contributed by atoms with Gasteiger partial charge in [-0.05, 0) is 35.6 Å². The molecule has 1 aromatic rings. The van der Waals surface area contributed by atoms with Crippen LogP contribution in [0.2, 0.25) is 0 Å². The standard InChI is InChI=1S/C16H23NO2S/c1-11(2)9-13(18)10-17-16(19)15-14-6-4-3-5-12(14)7-8-20-15/h3-6,11,13,15,18H,7-10H2,1-2H3,(H,17,19). The average Bonchev–Trinajstić information content (AvgIpc) is 2.43. The lowest BCUT2D eigenvalue weighted by molar-refractivity contribution is -0.121. The zero-order chi connectivity index (χ0) is 14.5. The molecule has 1 amide bonds. The van der Waals surface area contributed by atoms with Crippen molar-refractivity contribution in [3.8, 4) is 0 Å². The fraction of sp³-hybridized carbons (Fsp3) is 0.562. The van der Waals surface area contributed by atoms with Gasteiger partial charge in [-0.3, -0.25) is 4.79 Å². The number of rotatable bonds is 5. The first-order chi connectivity index (χ1) is 9.58. The zero-order valence-electron chi connectivity index (χ0n) is 12.1. The highest BCUT2D eigenvalue weighted by atomic mass is 32.2. The molecule has 0 radical (unpaired) electrons. The summed E-state index contributed by atoms with van der Waals surface area (Å²) < 4.78 is 0. The largest absolute Gasteiger partial charge is 0.391 e. The number of carbonyl (C=O) groups is 1. The van der Waals surface area contributed by atoms with E-state index >= 15 is 0 Å². The van der Waals surface area contributed by atoms with Crippen LogP contribution in [0, 0.1) is 5.92 Å². The van der Waals surface area contributed by atoms with Crippen LogP contribution in [0.1, 0.15) is 36.6 Å². The van der Waals surface area contributed by atoms with Gasteiger partial charge in [-0.1, -0.05) is 38.1 Å². The molecule has 2 unspecified atom stereocenters. The van der Waals surface area contributed by atoms with Gasteiger partial charge < -0.3 is 10.4 Å². The molecular formula is C16H23NO2S. The van der Waals surface area contributed by atoms with Crippen molar-refractivity contribution in [3.63, 3.8) is 0 Å². The summed E-state index contributed by atoms with van der Waals surface area (Å²) in [7, 11) is 0. The number of aliphatic hydroxyl groups excluding tert-OH is 1. The Labute approximate surface area is 125 Å². The Bertz CT molecular complexity index is 462. The Morgan fingerprint density at radius 3 is 2.95 bits per heavy atom. The van der Waals surface area contributed by atoms with Crippen LogP contribution in [0.25, 0.3) is 0 Å². The van der Waals surface area contributed by atoms with Crippen molar-refractivity contribution in [1.29, 1.82) is 0 Å². The first-order valence-electron chi connectivity index (χ1n) is 7.23. The SMILES string of the molecule is CC(C)CC(O)CNC(=O)C1SCCc2ccccc21. The quantitative estimate of drug-likeness (QED) is 0.877. The lowest BCUT2D eigenvalue weighted by Crippen LogP contribution is -2.36. The number of aryl methyl sites for hydroxylation is 1. The van der Waals surface area contributed by atoms with E-state index in [2.05, 4.69) is 25.2 Å². The van der Waals surface area contributed by atoms with Crippen LogP contribution >= 0.6 is 11.8 Å². The van der Waals surface area contributed by atoms with Crippen molar-refractivity contribution in [2.45, 2.75) is 38.0 Å². The molecule has 1 aliphatic heterocycles. The van der Waals surface area contributed by atoms with Crippen LogP contribution in [-0.4, -0.2) is 29.4 Å². The lowest BCUT2D eigenvalue weighted by Gasteiger charge is -2.25. The molecule has 3 nitrogen and oxygen atoms in total. The van der Waals surface area contributed by atoms with Gasteiger partial charge in [0.05, 0.1) is 6.10 Å². The molecule has 0 aliphatic carbocycles. The first kappa shape index (κ1) is 15.4. The van der Waals surface area contributed by atoms with Crippen molar-refractivity contribution in [2.24, 2.45) is 5.92 Å². The number of thioether (sulfide) groups is 1. The molecule has 0 saturated carbocycles. The minimum atomic E-state index is -0.456. The summed E-state index contributed by atoms with van der Waals surface area (Å²) in [6.45, 7) is 4.48. The molecule has 2 rings (SSSR count). The number of nitrogens with one attached hydrogen (secondary N) is 1. The third kappa shape index (κ3) is 4.00. The van der Waals surface area contributed by atoms with E-state index in [0.717, 1.165) is 17.7 Å². The van der Waals surface area contributed by atoms with E-state index in [-0.39, 0.29) is 11.2 Å². The van der Waals surface area contributed by atoms with Crippen molar-refractivity contribution >= 4 is 17.7 Å². The molecule has 0 saturated heterocycles. The van der Waals surface area contributed by atoms with E-state index in [0.29, 0.717) is 18.9 Å². The van der Waals surface area contributed by atoms with Crippen LogP contribution < -0.4 is 5.32 Å². The molecule has 1 aromatic carbocycles. The zero-order valence-corrected chi connectivity index (χ0v) is 13.0. The molecule has 0 fully saturated rings.